The average molecular weight is 244 g/mol. The van der Waals surface area contributed by atoms with Gasteiger partial charge in [0.2, 0.25) is 0 Å². The molecule has 0 bridgehead atoms. The SMILES string of the molecule is COC1CC(P(C)C)CCC1NC/C=C/N. The van der Waals surface area contributed by atoms with Crippen LogP contribution in [0.5, 0.6) is 0 Å². The summed E-state index contributed by atoms with van der Waals surface area (Å²) in [4.78, 5) is 0. The van der Waals surface area contributed by atoms with Crippen molar-refractivity contribution in [3.63, 3.8) is 0 Å². The van der Waals surface area contributed by atoms with E-state index in [1.165, 1.54) is 19.3 Å². The lowest BCUT2D eigenvalue weighted by Gasteiger charge is -2.37. The Balaban J connectivity index is 2.42. The maximum Gasteiger partial charge on any atom is 0.0730 e. The summed E-state index contributed by atoms with van der Waals surface area (Å²) in [7, 11) is 2.00. The molecule has 0 spiro atoms. The molecule has 4 heteroatoms. The van der Waals surface area contributed by atoms with Gasteiger partial charge in [-0.2, -0.15) is 0 Å². The summed E-state index contributed by atoms with van der Waals surface area (Å²) < 4.78 is 5.61. The third kappa shape index (κ3) is 4.04. The molecule has 3 nitrogen and oxygen atoms in total. The lowest BCUT2D eigenvalue weighted by molar-refractivity contribution is 0.0447. The van der Waals surface area contributed by atoms with Gasteiger partial charge >= 0.3 is 0 Å². The maximum absolute atomic E-state index is 5.61. The van der Waals surface area contributed by atoms with E-state index in [1.807, 2.05) is 13.2 Å². The summed E-state index contributed by atoms with van der Waals surface area (Å²) in [6.07, 6.45) is 7.68. The summed E-state index contributed by atoms with van der Waals surface area (Å²) in [5.41, 5.74) is 6.20. The number of nitrogens with two attached hydrogens (primary N) is 1. The number of hydrogen-bond acceptors (Lipinski definition) is 3. The van der Waals surface area contributed by atoms with E-state index >= 15 is 0 Å². The Morgan fingerprint density at radius 3 is 2.75 bits per heavy atom. The molecular formula is C12H25N2OP. The summed E-state index contributed by atoms with van der Waals surface area (Å²) in [5, 5.41) is 3.50. The van der Waals surface area contributed by atoms with Gasteiger partial charge in [0, 0.05) is 19.7 Å². The molecule has 1 rings (SSSR count). The van der Waals surface area contributed by atoms with Gasteiger partial charge in [-0.3, -0.25) is 0 Å². The zero-order valence-electron chi connectivity index (χ0n) is 10.6. The molecule has 0 saturated heterocycles. The van der Waals surface area contributed by atoms with Gasteiger partial charge in [0.05, 0.1) is 6.10 Å². The molecule has 0 amide bonds. The minimum atomic E-state index is 0.172. The van der Waals surface area contributed by atoms with E-state index in [4.69, 9.17) is 10.5 Å². The Kier molecular flexibility index (Phi) is 6.33. The normalized spacial score (nSPS) is 31.4. The van der Waals surface area contributed by atoms with Crippen LogP contribution in [0.3, 0.4) is 0 Å². The fourth-order valence-electron chi connectivity index (χ4n) is 2.36. The Morgan fingerprint density at radius 1 is 1.44 bits per heavy atom. The number of rotatable bonds is 5. The lowest BCUT2D eigenvalue weighted by Crippen LogP contribution is -2.46. The minimum absolute atomic E-state index is 0.172. The van der Waals surface area contributed by atoms with Crippen LogP contribution in [0.25, 0.3) is 0 Å². The van der Waals surface area contributed by atoms with Crippen LogP contribution in [0.4, 0.5) is 0 Å². The van der Waals surface area contributed by atoms with Crippen LogP contribution in [0.2, 0.25) is 0 Å². The maximum atomic E-state index is 5.61. The molecule has 3 unspecified atom stereocenters. The van der Waals surface area contributed by atoms with Crippen molar-refractivity contribution < 1.29 is 4.74 Å². The van der Waals surface area contributed by atoms with Gasteiger partial charge in [0.15, 0.2) is 0 Å². The largest absolute Gasteiger partial charge is 0.405 e. The Hall–Kier alpha value is -0.110. The van der Waals surface area contributed by atoms with Crippen LogP contribution in [0.1, 0.15) is 19.3 Å². The monoisotopic (exact) mass is 244 g/mol. The lowest BCUT2D eigenvalue weighted by atomic mass is 9.92. The van der Waals surface area contributed by atoms with Crippen molar-refractivity contribution in [3.05, 3.63) is 12.3 Å². The van der Waals surface area contributed by atoms with Crippen molar-refractivity contribution in [1.82, 2.24) is 5.32 Å². The van der Waals surface area contributed by atoms with E-state index in [-0.39, 0.29) is 7.92 Å². The number of nitrogens with one attached hydrogen (secondary N) is 1. The van der Waals surface area contributed by atoms with Crippen molar-refractivity contribution >= 4 is 7.92 Å². The van der Waals surface area contributed by atoms with Crippen LogP contribution in [0, 0.1) is 0 Å². The first-order chi connectivity index (χ1) is 7.69. The molecule has 3 N–H and O–H groups in total. The van der Waals surface area contributed by atoms with E-state index in [1.54, 1.807) is 6.20 Å². The van der Waals surface area contributed by atoms with E-state index in [0.29, 0.717) is 12.1 Å². The highest BCUT2D eigenvalue weighted by Crippen LogP contribution is 2.42. The Morgan fingerprint density at radius 2 is 2.19 bits per heavy atom. The zero-order valence-corrected chi connectivity index (χ0v) is 11.5. The summed E-state index contributed by atoms with van der Waals surface area (Å²) in [5.74, 6) is 0. The average Bonchev–Trinajstić information content (AvgIpc) is 2.29. The second kappa shape index (κ2) is 7.26. The molecule has 0 heterocycles. The van der Waals surface area contributed by atoms with Gasteiger partial charge in [0.25, 0.3) is 0 Å². The first-order valence-corrected chi connectivity index (χ1v) is 8.29. The molecule has 1 aliphatic rings. The van der Waals surface area contributed by atoms with Crippen molar-refractivity contribution in [3.8, 4) is 0 Å². The second-order valence-electron chi connectivity index (χ2n) is 4.65. The van der Waals surface area contributed by atoms with Gasteiger partial charge in [-0.25, -0.2) is 0 Å². The predicted octanol–water partition coefficient (Wildman–Crippen LogP) is 1.73. The number of hydrogen-bond donors (Lipinski definition) is 2. The van der Waals surface area contributed by atoms with Gasteiger partial charge in [0.1, 0.15) is 0 Å². The quantitative estimate of drug-likeness (QED) is 0.724. The van der Waals surface area contributed by atoms with Crippen molar-refractivity contribution in [2.24, 2.45) is 5.73 Å². The molecule has 0 aromatic carbocycles. The summed E-state index contributed by atoms with van der Waals surface area (Å²) in [6, 6.07) is 0.493. The first-order valence-electron chi connectivity index (χ1n) is 5.98. The highest BCUT2D eigenvalue weighted by atomic mass is 31.1. The smallest absolute Gasteiger partial charge is 0.0730 e. The predicted molar refractivity (Wildman–Crippen MR) is 72.3 cm³/mol. The van der Waals surface area contributed by atoms with Crippen LogP contribution in [-0.2, 0) is 4.74 Å². The second-order valence-corrected chi connectivity index (χ2v) is 7.31. The van der Waals surface area contributed by atoms with Crippen molar-refractivity contribution in [1.29, 1.82) is 0 Å². The van der Waals surface area contributed by atoms with E-state index in [2.05, 4.69) is 18.6 Å². The van der Waals surface area contributed by atoms with Crippen LogP contribution < -0.4 is 11.1 Å². The van der Waals surface area contributed by atoms with Gasteiger partial charge in [-0.15, -0.1) is 7.92 Å². The van der Waals surface area contributed by atoms with E-state index in [0.717, 1.165) is 12.2 Å². The molecule has 1 fully saturated rings. The fourth-order valence-corrected chi connectivity index (χ4v) is 3.65. The van der Waals surface area contributed by atoms with Crippen LogP contribution >= 0.6 is 7.92 Å². The van der Waals surface area contributed by atoms with Crippen molar-refractivity contribution in [2.45, 2.75) is 37.1 Å². The molecule has 1 saturated carbocycles. The molecule has 0 radical (unpaired) electrons. The first kappa shape index (κ1) is 14.0. The molecule has 0 aromatic heterocycles. The molecular weight excluding hydrogens is 219 g/mol. The van der Waals surface area contributed by atoms with Gasteiger partial charge in [-0.1, -0.05) is 6.08 Å². The molecule has 16 heavy (non-hydrogen) atoms. The third-order valence-corrected chi connectivity index (χ3v) is 5.36. The standard InChI is InChI=1S/C12H25N2OP/c1-15-12-9-10(16(2)3)5-6-11(12)14-8-4-7-13/h4,7,10-12,14H,5-6,8-9,13H2,1-3H3/b7-4+. The van der Waals surface area contributed by atoms with Gasteiger partial charge < -0.3 is 15.8 Å². The summed E-state index contributed by atoms with van der Waals surface area (Å²) in [6.45, 7) is 5.59. The Bertz CT molecular complexity index is 221. The number of ether oxygens (including phenoxy) is 1. The Labute approximate surface area is 101 Å². The molecule has 0 aromatic rings. The van der Waals surface area contributed by atoms with Crippen molar-refractivity contribution in [2.75, 3.05) is 27.0 Å². The van der Waals surface area contributed by atoms with Crippen LogP contribution in [-0.4, -0.2) is 44.8 Å². The zero-order chi connectivity index (χ0) is 12.0. The van der Waals surface area contributed by atoms with Crippen LogP contribution in [0.15, 0.2) is 12.3 Å². The topological polar surface area (TPSA) is 47.3 Å². The highest BCUT2D eigenvalue weighted by molar-refractivity contribution is 7.56. The van der Waals surface area contributed by atoms with Gasteiger partial charge in [-0.05, 0) is 44.5 Å². The summed E-state index contributed by atoms with van der Waals surface area (Å²) >= 11 is 0. The molecule has 94 valence electrons. The highest BCUT2D eigenvalue weighted by Gasteiger charge is 2.31. The molecule has 1 aliphatic carbocycles. The fraction of sp³-hybridized carbons (Fsp3) is 0.833. The third-order valence-electron chi connectivity index (χ3n) is 3.43. The number of methoxy groups -OCH3 is 1. The molecule has 0 aliphatic heterocycles. The van der Waals surface area contributed by atoms with E-state index in [9.17, 15) is 0 Å². The minimum Gasteiger partial charge on any atom is -0.405 e. The van der Waals surface area contributed by atoms with E-state index < -0.39 is 0 Å². The molecule has 3 atom stereocenters.